The highest BCUT2D eigenvalue weighted by Crippen LogP contribution is 2.13. The fourth-order valence-corrected chi connectivity index (χ4v) is 2.53. The zero-order chi connectivity index (χ0) is 18.1. The van der Waals surface area contributed by atoms with Crippen LogP contribution in [0.5, 0.6) is 0 Å². The van der Waals surface area contributed by atoms with Gasteiger partial charge in [0.15, 0.2) is 0 Å². The number of rotatable bonds is 3. The Balaban J connectivity index is 1.98. The van der Waals surface area contributed by atoms with Crippen LogP contribution in [-0.2, 0) is 20.6 Å². The SMILES string of the molecule is Cn1c(=O)c2cc(NC(=O)c3ccc(CN)cc3)cnc2n(C)c1=O. The summed E-state index contributed by atoms with van der Waals surface area (Å²) in [5.74, 6) is -0.327. The molecule has 1 aromatic carbocycles. The number of aryl methyl sites for hydroxylation is 1. The van der Waals surface area contributed by atoms with E-state index in [-0.39, 0.29) is 16.9 Å². The van der Waals surface area contributed by atoms with Crippen LogP contribution in [0, 0.1) is 0 Å². The number of amides is 1. The molecule has 128 valence electrons. The highest BCUT2D eigenvalue weighted by molar-refractivity contribution is 6.04. The molecule has 3 aromatic rings. The monoisotopic (exact) mass is 339 g/mol. The van der Waals surface area contributed by atoms with Gasteiger partial charge in [0.05, 0.1) is 17.3 Å². The van der Waals surface area contributed by atoms with Crippen molar-refractivity contribution in [2.75, 3.05) is 5.32 Å². The third kappa shape index (κ3) is 2.94. The molecule has 0 radical (unpaired) electrons. The Kier molecular flexibility index (Phi) is 4.20. The molecule has 0 saturated heterocycles. The van der Waals surface area contributed by atoms with Crippen LogP contribution in [0.2, 0.25) is 0 Å². The van der Waals surface area contributed by atoms with Crippen molar-refractivity contribution in [3.63, 3.8) is 0 Å². The number of benzene rings is 1. The van der Waals surface area contributed by atoms with Crippen molar-refractivity contribution in [2.45, 2.75) is 6.54 Å². The lowest BCUT2D eigenvalue weighted by molar-refractivity contribution is 0.102. The summed E-state index contributed by atoms with van der Waals surface area (Å²) in [6.45, 7) is 0.401. The van der Waals surface area contributed by atoms with E-state index in [9.17, 15) is 14.4 Å². The Hall–Kier alpha value is -3.26. The number of nitrogens with two attached hydrogens (primary N) is 1. The summed E-state index contributed by atoms with van der Waals surface area (Å²) in [6.07, 6.45) is 1.41. The second kappa shape index (κ2) is 6.33. The molecular weight excluding hydrogens is 322 g/mol. The molecule has 0 aliphatic rings. The van der Waals surface area contributed by atoms with E-state index in [1.165, 1.54) is 30.9 Å². The average Bonchev–Trinajstić information content (AvgIpc) is 2.64. The molecule has 0 fully saturated rings. The second-order valence-corrected chi connectivity index (χ2v) is 5.66. The Labute approximate surface area is 142 Å². The van der Waals surface area contributed by atoms with Crippen LogP contribution in [0.15, 0.2) is 46.1 Å². The number of hydrogen-bond donors (Lipinski definition) is 2. The molecule has 3 N–H and O–H groups in total. The maximum absolute atomic E-state index is 12.3. The first-order valence-electron chi connectivity index (χ1n) is 7.58. The van der Waals surface area contributed by atoms with E-state index in [2.05, 4.69) is 10.3 Å². The van der Waals surface area contributed by atoms with Crippen molar-refractivity contribution in [1.82, 2.24) is 14.1 Å². The quantitative estimate of drug-likeness (QED) is 0.715. The maximum Gasteiger partial charge on any atom is 0.332 e. The van der Waals surface area contributed by atoms with E-state index in [0.717, 1.165) is 10.1 Å². The minimum atomic E-state index is -0.464. The van der Waals surface area contributed by atoms with E-state index in [4.69, 9.17) is 5.73 Å². The predicted octanol–water partition coefficient (Wildman–Crippen LogP) is 0.343. The molecule has 0 aliphatic carbocycles. The van der Waals surface area contributed by atoms with Gasteiger partial charge in [-0.05, 0) is 23.8 Å². The summed E-state index contributed by atoms with van der Waals surface area (Å²) >= 11 is 0. The maximum atomic E-state index is 12.3. The fourth-order valence-electron chi connectivity index (χ4n) is 2.53. The number of aromatic nitrogens is 3. The van der Waals surface area contributed by atoms with Gasteiger partial charge in [-0.2, -0.15) is 0 Å². The van der Waals surface area contributed by atoms with Crippen LogP contribution in [0.25, 0.3) is 11.0 Å². The Bertz CT molecular complexity index is 1080. The van der Waals surface area contributed by atoms with Gasteiger partial charge in [-0.15, -0.1) is 0 Å². The minimum absolute atomic E-state index is 0.251. The fraction of sp³-hybridized carbons (Fsp3) is 0.176. The molecule has 3 rings (SSSR count). The first-order valence-corrected chi connectivity index (χ1v) is 7.58. The lowest BCUT2D eigenvalue weighted by Gasteiger charge is -2.09. The molecule has 0 spiro atoms. The van der Waals surface area contributed by atoms with Crippen LogP contribution in [0.1, 0.15) is 15.9 Å². The van der Waals surface area contributed by atoms with Gasteiger partial charge in [0.2, 0.25) is 0 Å². The van der Waals surface area contributed by atoms with Crippen molar-refractivity contribution in [3.05, 3.63) is 68.5 Å². The lowest BCUT2D eigenvalue weighted by atomic mass is 10.1. The molecule has 8 heteroatoms. The van der Waals surface area contributed by atoms with Gasteiger partial charge in [-0.3, -0.25) is 18.7 Å². The standard InChI is InChI=1S/C17H17N5O3/c1-21-14-13(16(24)22(2)17(21)25)7-12(9-19-14)20-15(23)11-5-3-10(8-18)4-6-11/h3-7,9H,8,18H2,1-2H3,(H,20,23). The smallest absolute Gasteiger partial charge is 0.326 e. The summed E-state index contributed by atoms with van der Waals surface area (Å²) in [5, 5.41) is 2.95. The highest BCUT2D eigenvalue weighted by Gasteiger charge is 2.12. The van der Waals surface area contributed by atoms with E-state index >= 15 is 0 Å². The van der Waals surface area contributed by atoms with Crippen LogP contribution in [0.3, 0.4) is 0 Å². The first kappa shape index (κ1) is 16.6. The minimum Gasteiger partial charge on any atom is -0.326 e. The third-order valence-electron chi connectivity index (χ3n) is 4.00. The summed E-state index contributed by atoms with van der Waals surface area (Å²) in [6, 6.07) is 8.41. The number of anilines is 1. The molecule has 8 nitrogen and oxygen atoms in total. The van der Waals surface area contributed by atoms with E-state index < -0.39 is 11.2 Å². The van der Waals surface area contributed by atoms with E-state index in [1.54, 1.807) is 24.3 Å². The molecule has 1 amide bonds. The number of carbonyl (C=O) groups excluding carboxylic acids is 1. The zero-order valence-corrected chi connectivity index (χ0v) is 13.8. The van der Waals surface area contributed by atoms with Gasteiger partial charge >= 0.3 is 5.69 Å². The van der Waals surface area contributed by atoms with Crippen molar-refractivity contribution in [3.8, 4) is 0 Å². The molecule has 0 saturated carbocycles. The van der Waals surface area contributed by atoms with Gasteiger partial charge in [-0.1, -0.05) is 12.1 Å². The van der Waals surface area contributed by atoms with Gasteiger partial charge in [0.1, 0.15) is 5.65 Å². The van der Waals surface area contributed by atoms with Crippen molar-refractivity contribution < 1.29 is 4.79 Å². The number of nitrogens with zero attached hydrogens (tertiary/aromatic N) is 3. The highest BCUT2D eigenvalue weighted by atomic mass is 16.2. The average molecular weight is 339 g/mol. The number of fused-ring (bicyclic) bond motifs is 1. The predicted molar refractivity (Wildman–Crippen MR) is 94.5 cm³/mol. The Morgan fingerprint density at radius 1 is 1.16 bits per heavy atom. The second-order valence-electron chi connectivity index (χ2n) is 5.66. The number of nitrogens with one attached hydrogen (secondary N) is 1. The largest absolute Gasteiger partial charge is 0.332 e. The molecule has 25 heavy (non-hydrogen) atoms. The summed E-state index contributed by atoms with van der Waals surface area (Å²) in [5.41, 5.74) is 6.64. The van der Waals surface area contributed by atoms with Crippen LogP contribution >= 0.6 is 0 Å². The van der Waals surface area contributed by atoms with E-state index in [1.807, 2.05) is 0 Å². The van der Waals surface area contributed by atoms with Gasteiger partial charge < -0.3 is 11.1 Å². The summed E-state index contributed by atoms with van der Waals surface area (Å²) < 4.78 is 2.29. The number of carbonyl (C=O) groups is 1. The molecule has 0 aliphatic heterocycles. The van der Waals surface area contributed by atoms with Crippen LogP contribution in [-0.4, -0.2) is 20.0 Å². The normalized spacial score (nSPS) is 10.8. The molecule has 0 bridgehead atoms. The number of hydrogen-bond acceptors (Lipinski definition) is 5. The zero-order valence-electron chi connectivity index (χ0n) is 13.8. The molecule has 0 atom stereocenters. The summed E-state index contributed by atoms with van der Waals surface area (Å²) in [4.78, 5) is 40.6. The van der Waals surface area contributed by atoms with Crippen LogP contribution in [0.4, 0.5) is 5.69 Å². The van der Waals surface area contributed by atoms with Crippen LogP contribution < -0.4 is 22.3 Å². The van der Waals surface area contributed by atoms with Crippen molar-refractivity contribution in [2.24, 2.45) is 19.8 Å². The number of pyridine rings is 1. The van der Waals surface area contributed by atoms with Gasteiger partial charge in [0, 0.05) is 26.2 Å². The summed E-state index contributed by atoms with van der Waals surface area (Å²) in [7, 11) is 2.93. The lowest BCUT2D eigenvalue weighted by Crippen LogP contribution is -2.37. The van der Waals surface area contributed by atoms with Gasteiger partial charge in [-0.25, -0.2) is 9.78 Å². The molecule has 0 unspecified atom stereocenters. The molecule has 2 heterocycles. The van der Waals surface area contributed by atoms with Crippen molar-refractivity contribution >= 4 is 22.6 Å². The Morgan fingerprint density at radius 2 is 1.84 bits per heavy atom. The third-order valence-corrected chi connectivity index (χ3v) is 4.00. The van der Waals surface area contributed by atoms with E-state index in [0.29, 0.717) is 17.8 Å². The molecular formula is C17H17N5O3. The van der Waals surface area contributed by atoms with Crippen molar-refractivity contribution in [1.29, 1.82) is 0 Å². The van der Waals surface area contributed by atoms with Gasteiger partial charge in [0.25, 0.3) is 11.5 Å². The molecule has 2 aromatic heterocycles. The first-order chi connectivity index (χ1) is 11.9. The Morgan fingerprint density at radius 3 is 2.48 bits per heavy atom. The topological polar surface area (TPSA) is 112 Å².